The topological polar surface area (TPSA) is 51.5 Å². The van der Waals surface area contributed by atoms with Gasteiger partial charge in [-0.15, -0.1) is 0 Å². The Kier molecular flexibility index (Phi) is 4.02. The number of para-hydroxylation sites is 1. The van der Waals surface area contributed by atoms with E-state index in [1.807, 2.05) is 6.92 Å². The van der Waals surface area contributed by atoms with Gasteiger partial charge in [0.15, 0.2) is 17.2 Å². The van der Waals surface area contributed by atoms with Gasteiger partial charge in [-0.2, -0.15) is 0 Å². The van der Waals surface area contributed by atoms with Crippen molar-refractivity contribution < 1.29 is 18.3 Å². The van der Waals surface area contributed by atoms with Gasteiger partial charge in [-0.05, 0) is 44.2 Å². The number of furan rings is 1. The minimum atomic E-state index is -0.481. The molecule has 0 aliphatic rings. The van der Waals surface area contributed by atoms with Crippen LogP contribution in [-0.2, 0) is 0 Å². The van der Waals surface area contributed by atoms with Crippen molar-refractivity contribution in [3.05, 3.63) is 59.6 Å². The molecule has 23 heavy (non-hydrogen) atoms. The summed E-state index contributed by atoms with van der Waals surface area (Å²) in [7, 11) is 0. The lowest BCUT2D eigenvalue weighted by Gasteiger charge is -2.06. The van der Waals surface area contributed by atoms with Gasteiger partial charge in [0.25, 0.3) is 5.91 Å². The van der Waals surface area contributed by atoms with Crippen molar-refractivity contribution >= 4 is 22.6 Å². The van der Waals surface area contributed by atoms with E-state index in [0.29, 0.717) is 23.2 Å². The molecule has 1 aromatic heterocycles. The van der Waals surface area contributed by atoms with Gasteiger partial charge in [-0.3, -0.25) is 4.79 Å². The van der Waals surface area contributed by atoms with Crippen molar-refractivity contribution in [2.75, 3.05) is 11.9 Å². The second-order valence-electron chi connectivity index (χ2n) is 5.08. The Morgan fingerprint density at radius 3 is 2.61 bits per heavy atom. The highest BCUT2D eigenvalue weighted by molar-refractivity contribution is 6.06. The minimum absolute atomic E-state index is 0.0989. The SMILES string of the molecule is CCOc1ccc(NC(=O)c2oc3c(F)cccc3c2C)cc1. The van der Waals surface area contributed by atoms with Gasteiger partial charge in [0.2, 0.25) is 0 Å². The monoisotopic (exact) mass is 313 g/mol. The van der Waals surface area contributed by atoms with E-state index in [4.69, 9.17) is 9.15 Å². The van der Waals surface area contributed by atoms with E-state index in [0.717, 1.165) is 5.75 Å². The maximum atomic E-state index is 13.7. The van der Waals surface area contributed by atoms with Crippen LogP contribution in [0.3, 0.4) is 0 Å². The summed E-state index contributed by atoms with van der Waals surface area (Å²) in [6.07, 6.45) is 0. The van der Waals surface area contributed by atoms with Crippen LogP contribution in [0.25, 0.3) is 11.0 Å². The van der Waals surface area contributed by atoms with Crippen molar-refractivity contribution in [3.8, 4) is 5.75 Å². The predicted octanol–water partition coefficient (Wildman–Crippen LogP) is 4.53. The van der Waals surface area contributed by atoms with Crippen LogP contribution in [0.1, 0.15) is 23.0 Å². The predicted molar refractivity (Wildman–Crippen MR) is 86.5 cm³/mol. The van der Waals surface area contributed by atoms with Crippen LogP contribution >= 0.6 is 0 Å². The molecule has 2 aromatic carbocycles. The number of benzene rings is 2. The number of fused-ring (bicyclic) bond motifs is 1. The molecule has 0 saturated carbocycles. The molecule has 0 fully saturated rings. The van der Waals surface area contributed by atoms with Gasteiger partial charge in [0.1, 0.15) is 5.75 Å². The molecule has 118 valence electrons. The third-order valence-electron chi connectivity index (χ3n) is 3.55. The molecule has 3 aromatic rings. The van der Waals surface area contributed by atoms with Crippen molar-refractivity contribution in [2.24, 2.45) is 0 Å². The number of anilines is 1. The van der Waals surface area contributed by atoms with Gasteiger partial charge in [0.05, 0.1) is 6.61 Å². The Hall–Kier alpha value is -2.82. The van der Waals surface area contributed by atoms with E-state index in [9.17, 15) is 9.18 Å². The number of rotatable bonds is 4. The third kappa shape index (κ3) is 2.90. The molecule has 4 nitrogen and oxygen atoms in total. The van der Waals surface area contributed by atoms with Gasteiger partial charge in [-0.25, -0.2) is 4.39 Å². The quantitative estimate of drug-likeness (QED) is 0.770. The third-order valence-corrected chi connectivity index (χ3v) is 3.55. The second-order valence-corrected chi connectivity index (χ2v) is 5.08. The van der Waals surface area contributed by atoms with E-state index in [2.05, 4.69) is 5.32 Å². The fourth-order valence-corrected chi connectivity index (χ4v) is 2.41. The van der Waals surface area contributed by atoms with Gasteiger partial charge >= 0.3 is 0 Å². The number of nitrogens with one attached hydrogen (secondary N) is 1. The molecule has 1 N–H and O–H groups in total. The minimum Gasteiger partial charge on any atom is -0.494 e. The summed E-state index contributed by atoms with van der Waals surface area (Å²) in [5, 5.41) is 3.34. The first-order valence-electron chi connectivity index (χ1n) is 7.32. The Bertz CT molecular complexity index is 853. The van der Waals surface area contributed by atoms with Crippen LogP contribution < -0.4 is 10.1 Å². The van der Waals surface area contributed by atoms with Crippen LogP contribution in [0.5, 0.6) is 5.75 Å². The summed E-state index contributed by atoms with van der Waals surface area (Å²) < 4.78 is 24.5. The summed E-state index contributed by atoms with van der Waals surface area (Å²) in [6, 6.07) is 11.6. The fourth-order valence-electron chi connectivity index (χ4n) is 2.41. The number of hydrogen-bond acceptors (Lipinski definition) is 3. The first-order chi connectivity index (χ1) is 11.1. The summed E-state index contributed by atoms with van der Waals surface area (Å²) in [4.78, 5) is 12.4. The number of hydrogen-bond donors (Lipinski definition) is 1. The molecule has 0 saturated heterocycles. The van der Waals surface area contributed by atoms with Crippen LogP contribution in [0.15, 0.2) is 46.9 Å². The van der Waals surface area contributed by atoms with Crippen molar-refractivity contribution in [1.82, 2.24) is 0 Å². The molecule has 5 heteroatoms. The maximum absolute atomic E-state index is 13.7. The van der Waals surface area contributed by atoms with E-state index < -0.39 is 11.7 Å². The zero-order valence-electron chi connectivity index (χ0n) is 12.9. The number of aryl methyl sites for hydroxylation is 1. The molecule has 1 amide bonds. The molecular weight excluding hydrogens is 297 g/mol. The zero-order chi connectivity index (χ0) is 16.4. The van der Waals surface area contributed by atoms with Gasteiger partial charge in [0, 0.05) is 16.6 Å². The van der Waals surface area contributed by atoms with Crippen LogP contribution in [-0.4, -0.2) is 12.5 Å². The molecule has 0 radical (unpaired) electrons. The largest absolute Gasteiger partial charge is 0.494 e. The van der Waals surface area contributed by atoms with Gasteiger partial charge in [-0.1, -0.05) is 12.1 Å². The fraction of sp³-hybridized carbons (Fsp3) is 0.167. The van der Waals surface area contributed by atoms with Crippen molar-refractivity contribution in [2.45, 2.75) is 13.8 Å². The van der Waals surface area contributed by atoms with Crippen molar-refractivity contribution in [3.63, 3.8) is 0 Å². The number of amides is 1. The number of carbonyl (C=O) groups excluding carboxylic acids is 1. The number of ether oxygens (including phenoxy) is 1. The molecule has 1 heterocycles. The lowest BCUT2D eigenvalue weighted by molar-refractivity contribution is 0.0997. The Balaban J connectivity index is 1.86. The lowest BCUT2D eigenvalue weighted by Crippen LogP contribution is -2.12. The lowest BCUT2D eigenvalue weighted by atomic mass is 10.1. The van der Waals surface area contributed by atoms with Gasteiger partial charge < -0.3 is 14.5 Å². The van der Waals surface area contributed by atoms with E-state index >= 15 is 0 Å². The Morgan fingerprint density at radius 2 is 1.96 bits per heavy atom. The van der Waals surface area contributed by atoms with Crippen LogP contribution in [0.2, 0.25) is 0 Å². The molecular formula is C18H16FNO3. The first kappa shape index (κ1) is 15.1. The highest BCUT2D eigenvalue weighted by Crippen LogP contribution is 2.28. The molecule has 0 bridgehead atoms. The summed E-state index contributed by atoms with van der Waals surface area (Å²) in [5.41, 5.74) is 1.32. The summed E-state index contributed by atoms with van der Waals surface area (Å²) in [5.74, 6) is -0.0561. The first-order valence-corrected chi connectivity index (χ1v) is 7.32. The molecule has 0 unspecified atom stereocenters. The number of halogens is 1. The highest BCUT2D eigenvalue weighted by atomic mass is 19.1. The second kappa shape index (κ2) is 6.12. The molecule has 3 rings (SSSR count). The van der Waals surface area contributed by atoms with E-state index in [1.54, 1.807) is 43.3 Å². The molecule has 0 aliphatic heterocycles. The normalized spacial score (nSPS) is 10.7. The van der Waals surface area contributed by atoms with Crippen LogP contribution in [0, 0.1) is 12.7 Å². The average Bonchev–Trinajstić information content (AvgIpc) is 2.88. The molecule has 0 spiro atoms. The zero-order valence-corrected chi connectivity index (χ0v) is 12.9. The number of carbonyl (C=O) groups is 1. The summed E-state index contributed by atoms with van der Waals surface area (Å²) >= 11 is 0. The smallest absolute Gasteiger partial charge is 0.291 e. The van der Waals surface area contributed by atoms with Crippen molar-refractivity contribution in [1.29, 1.82) is 0 Å². The standard InChI is InChI=1S/C18H16FNO3/c1-3-22-13-9-7-12(8-10-13)20-18(21)16-11(2)14-5-4-6-15(19)17(14)23-16/h4-10H,3H2,1-2H3,(H,20,21). The Morgan fingerprint density at radius 1 is 1.22 bits per heavy atom. The molecule has 0 atom stereocenters. The average molecular weight is 313 g/mol. The van der Waals surface area contributed by atoms with E-state index in [-0.39, 0.29) is 11.3 Å². The van der Waals surface area contributed by atoms with E-state index in [1.165, 1.54) is 6.07 Å². The highest BCUT2D eigenvalue weighted by Gasteiger charge is 2.19. The Labute approximate surface area is 132 Å². The maximum Gasteiger partial charge on any atom is 0.291 e. The summed E-state index contributed by atoms with van der Waals surface area (Å²) in [6.45, 7) is 4.22. The molecule has 0 aliphatic carbocycles. The van der Waals surface area contributed by atoms with Crippen LogP contribution in [0.4, 0.5) is 10.1 Å².